The maximum Gasteiger partial charge on any atom is 0.0608 e. The van der Waals surface area contributed by atoms with E-state index in [9.17, 15) is 0 Å². The Kier molecular flexibility index (Phi) is 2.85. The number of hydrogen-bond donors (Lipinski definition) is 1. The van der Waals surface area contributed by atoms with E-state index in [1.807, 2.05) is 0 Å². The zero-order chi connectivity index (χ0) is 10.2. The molecule has 2 N–H and O–H groups in total. The van der Waals surface area contributed by atoms with Crippen molar-refractivity contribution in [2.75, 3.05) is 13.2 Å². The smallest absolute Gasteiger partial charge is 0.0608 e. The molecule has 2 nitrogen and oxygen atoms in total. The van der Waals surface area contributed by atoms with Crippen LogP contribution in [0.4, 0.5) is 0 Å². The molecule has 0 radical (unpaired) electrons. The second-order valence-corrected chi connectivity index (χ2v) is 5.49. The molecule has 0 aromatic heterocycles. The van der Waals surface area contributed by atoms with Crippen LogP contribution in [0.25, 0.3) is 0 Å². The van der Waals surface area contributed by atoms with Crippen LogP contribution in [0.5, 0.6) is 0 Å². The van der Waals surface area contributed by atoms with E-state index in [2.05, 4.69) is 13.8 Å². The number of ether oxygens (including phenoxy) is 1. The standard InChI is InChI=1S/C12H23NO/c1-12(2)9-4-5-11(10(12)8-9)14-7-3-6-13/h9-11H,3-8,13H2,1-2H3. The number of nitrogens with two attached hydrogens (primary N) is 1. The Morgan fingerprint density at radius 2 is 2.14 bits per heavy atom. The molecule has 3 atom stereocenters. The van der Waals surface area contributed by atoms with Gasteiger partial charge in [-0.25, -0.2) is 0 Å². The summed E-state index contributed by atoms with van der Waals surface area (Å²) >= 11 is 0. The van der Waals surface area contributed by atoms with Gasteiger partial charge in [-0.2, -0.15) is 0 Å². The summed E-state index contributed by atoms with van der Waals surface area (Å²) in [5.74, 6) is 1.79. The van der Waals surface area contributed by atoms with Crippen molar-refractivity contribution in [3.05, 3.63) is 0 Å². The molecule has 0 aromatic rings. The van der Waals surface area contributed by atoms with Crippen molar-refractivity contribution in [1.29, 1.82) is 0 Å². The predicted octanol–water partition coefficient (Wildman–Crippen LogP) is 2.18. The molecule has 0 aliphatic heterocycles. The Bertz CT molecular complexity index is 200. The average molecular weight is 197 g/mol. The molecule has 0 saturated heterocycles. The molecule has 3 saturated carbocycles. The molecule has 0 amide bonds. The van der Waals surface area contributed by atoms with Crippen molar-refractivity contribution >= 4 is 0 Å². The summed E-state index contributed by atoms with van der Waals surface area (Å²) in [5, 5.41) is 0. The van der Waals surface area contributed by atoms with E-state index in [1.54, 1.807) is 0 Å². The highest BCUT2D eigenvalue weighted by atomic mass is 16.5. The Hall–Kier alpha value is -0.0800. The monoisotopic (exact) mass is 197 g/mol. The van der Waals surface area contributed by atoms with Crippen molar-refractivity contribution in [3.63, 3.8) is 0 Å². The topological polar surface area (TPSA) is 35.2 Å². The van der Waals surface area contributed by atoms with Gasteiger partial charge in [-0.3, -0.25) is 0 Å². The molecular formula is C12H23NO. The van der Waals surface area contributed by atoms with Gasteiger partial charge in [-0.05, 0) is 49.5 Å². The quantitative estimate of drug-likeness (QED) is 0.701. The van der Waals surface area contributed by atoms with Gasteiger partial charge in [0, 0.05) is 6.61 Å². The SMILES string of the molecule is CC1(C)C2CCC(OCCCN)C1C2. The third-order valence-corrected chi connectivity index (χ3v) is 4.48. The Balaban J connectivity index is 1.82. The fraction of sp³-hybridized carbons (Fsp3) is 1.00. The molecule has 0 heterocycles. The first-order valence-electron chi connectivity index (χ1n) is 5.98. The number of hydrogen-bond acceptors (Lipinski definition) is 2. The highest BCUT2D eigenvalue weighted by Gasteiger charge is 2.54. The molecule has 3 fully saturated rings. The lowest BCUT2D eigenvalue weighted by atomic mass is 9.48. The summed E-state index contributed by atoms with van der Waals surface area (Å²) in [6.07, 6.45) is 5.59. The fourth-order valence-electron chi connectivity index (χ4n) is 3.26. The Morgan fingerprint density at radius 1 is 1.36 bits per heavy atom. The Morgan fingerprint density at radius 3 is 2.71 bits per heavy atom. The van der Waals surface area contributed by atoms with Gasteiger partial charge in [0.25, 0.3) is 0 Å². The van der Waals surface area contributed by atoms with E-state index in [0.717, 1.165) is 31.4 Å². The molecule has 0 spiro atoms. The maximum atomic E-state index is 5.93. The first kappa shape index (κ1) is 10.4. The van der Waals surface area contributed by atoms with Crippen molar-refractivity contribution in [3.8, 4) is 0 Å². The van der Waals surface area contributed by atoms with Crippen molar-refractivity contribution in [2.45, 2.75) is 45.6 Å². The molecule has 14 heavy (non-hydrogen) atoms. The summed E-state index contributed by atoms with van der Waals surface area (Å²) in [6, 6.07) is 0. The first-order valence-corrected chi connectivity index (χ1v) is 5.98. The maximum absolute atomic E-state index is 5.93. The predicted molar refractivity (Wildman–Crippen MR) is 58.0 cm³/mol. The molecule has 3 aliphatic carbocycles. The fourth-order valence-corrected chi connectivity index (χ4v) is 3.26. The first-order chi connectivity index (χ1) is 6.66. The van der Waals surface area contributed by atoms with E-state index in [1.165, 1.54) is 19.3 Å². The van der Waals surface area contributed by atoms with Crippen LogP contribution >= 0.6 is 0 Å². The Labute approximate surface area is 87.2 Å². The van der Waals surface area contributed by atoms with Crippen molar-refractivity contribution < 1.29 is 4.74 Å². The van der Waals surface area contributed by atoms with Gasteiger partial charge in [0.2, 0.25) is 0 Å². The number of fused-ring (bicyclic) bond motifs is 2. The second kappa shape index (κ2) is 3.82. The third kappa shape index (κ3) is 1.59. The van der Waals surface area contributed by atoms with E-state index < -0.39 is 0 Å². The summed E-state index contributed by atoms with van der Waals surface area (Å²) in [5.41, 5.74) is 6.01. The summed E-state index contributed by atoms with van der Waals surface area (Å²) in [6.45, 7) is 6.43. The molecule has 3 unspecified atom stereocenters. The zero-order valence-corrected chi connectivity index (χ0v) is 9.46. The zero-order valence-electron chi connectivity index (χ0n) is 9.46. The van der Waals surface area contributed by atoms with Gasteiger partial charge in [0.1, 0.15) is 0 Å². The lowest BCUT2D eigenvalue weighted by molar-refractivity contribution is -0.162. The van der Waals surface area contributed by atoms with Crippen LogP contribution in [0, 0.1) is 17.3 Å². The molecule has 82 valence electrons. The van der Waals surface area contributed by atoms with Crippen LogP contribution in [-0.4, -0.2) is 19.3 Å². The van der Waals surface area contributed by atoms with Crippen molar-refractivity contribution in [2.24, 2.45) is 23.0 Å². The van der Waals surface area contributed by atoms with Crippen LogP contribution in [0.3, 0.4) is 0 Å². The van der Waals surface area contributed by atoms with E-state index in [4.69, 9.17) is 10.5 Å². The highest BCUT2D eigenvalue weighted by molar-refractivity contribution is 5.03. The van der Waals surface area contributed by atoms with Gasteiger partial charge >= 0.3 is 0 Å². The van der Waals surface area contributed by atoms with E-state index in [-0.39, 0.29) is 0 Å². The molecule has 3 rings (SSSR count). The van der Waals surface area contributed by atoms with E-state index >= 15 is 0 Å². The third-order valence-electron chi connectivity index (χ3n) is 4.48. The van der Waals surface area contributed by atoms with Gasteiger partial charge in [0.05, 0.1) is 6.10 Å². The van der Waals surface area contributed by atoms with E-state index in [0.29, 0.717) is 11.5 Å². The summed E-state index contributed by atoms with van der Waals surface area (Å²) in [4.78, 5) is 0. The van der Waals surface area contributed by atoms with Crippen LogP contribution in [0.1, 0.15) is 39.5 Å². The lowest BCUT2D eigenvalue weighted by Gasteiger charge is -2.59. The minimum Gasteiger partial charge on any atom is -0.378 e. The average Bonchev–Trinajstić information content (AvgIpc) is 2.18. The van der Waals surface area contributed by atoms with Gasteiger partial charge in [-0.1, -0.05) is 13.8 Å². The molecular weight excluding hydrogens is 174 g/mol. The van der Waals surface area contributed by atoms with Crippen LogP contribution in [0.15, 0.2) is 0 Å². The lowest BCUT2D eigenvalue weighted by Crippen LogP contribution is -2.55. The van der Waals surface area contributed by atoms with Crippen LogP contribution in [-0.2, 0) is 4.74 Å². The van der Waals surface area contributed by atoms with Gasteiger partial charge < -0.3 is 10.5 Å². The molecule has 2 bridgehead atoms. The molecule has 3 aliphatic rings. The van der Waals surface area contributed by atoms with Crippen LogP contribution < -0.4 is 5.73 Å². The minimum atomic E-state index is 0.529. The molecule has 0 aromatic carbocycles. The highest BCUT2D eigenvalue weighted by Crippen LogP contribution is 2.59. The number of rotatable bonds is 4. The summed E-state index contributed by atoms with van der Waals surface area (Å²) < 4.78 is 5.93. The van der Waals surface area contributed by atoms with Gasteiger partial charge in [-0.15, -0.1) is 0 Å². The second-order valence-electron chi connectivity index (χ2n) is 5.49. The minimum absolute atomic E-state index is 0.529. The normalized spacial score (nSPS) is 39.2. The van der Waals surface area contributed by atoms with Crippen LogP contribution in [0.2, 0.25) is 0 Å². The summed E-state index contributed by atoms with van der Waals surface area (Å²) in [7, 11) is 0. The van der Waals surface area contributed by atoms with Gasteiger partial charge in [0.15, 0.2) is 0 Å². The van der Waals surface area contributed by atoms with Crippen molar-refractivity contribution in [1.82, 2.24) is 0 Å². The largest absolute Gasteiger partial charge is 0.378 e. The molecule has 2 heteroatoms.